The van der Waals surface area contributed by atoms with E-state index in [2.05, 4.69) is 5.32 Å². The molecule has 102 valence electrons. The molecule has 1 N–H and O–H groups in total. The molecule has 2 aromatic carbocycles. The summed E-state index contributed by atoms with van der Waals surface area (Å²) in [5.74, 6) is 0.450. The lowest BCUT2D eigenvalue weighted by molar-refractivity contribution is 0.0966. The maximum absolute atomic E-state index is 12.7. The summed E-state index contributed by atoms with van der Waals surface area (Å²) < 4.78 is 5.17. The number of para-hydroxylation sites is 1. The summed E-state index contributed by atoms with van der Waals surface area (Å²) in [5, 5.41) is 3.77. The predicted octanol–water partition coefficient (Wildman–Crippen LogP) is 3.74. The van der Waals surface area contributed by atoms with Crippen molar-refractivity contribution in [1.82, 2.24) is 0 Å². The van der Waals surface area contributed by atoms with E-state index in [0.717, 1.165) is 11.3 Å². The number of nitrogens with one attached hydrogen (secondary N) is 1. The fourth-order valence-electron chi connectivity index (χ4n) is 2.53. The Morgan fingerprint density at radius 3 is 2.90 bits per heavy atom. The van der Waals surface area contributed by atoms with Gasteiger partial charge in [0.1, 0.15) is 5.75 Å². The quantitative estimate of drug-likeness (QED) is 0.874. The number of hydrogen-bond acceptors (Lipinski definition) is 3. The summed E-state index contributed by atoms with van der Waals surface area (Å²) in [6, 6.07) is 13.0. The van der Waals surface area contributed by atoms with E-state index in [-0.39, 0.29) is 11.7 Å². The molecule has 0 amide bonds. The van der Waals surface area contributed by atoms with Gasteiger partial charge >= 0.3 is 0 Å². The lowest BCUT2D eigenvalue weighted by Gasteiger charge is -2.11. The van der Waals surface area contributed by atoms with Crippen molar-refractivity contribution in [2.24, 2.45) is 0 Å². The van der Waals surface area contributed by atoms with Crippen molar-refractivity contribution in [3.05, 3.63) is 58.6 Å². The van der Waals surface area contributed by atoms with Crippen LogP contribution in [0.1, 0.15) is 21.8 Å². The zero-order valence-electron chi connectivity index (χ0n) is 11.0. The smallest absolute Gasteiger partial charge is 0.172 e. The number of carbonyl (C=O) groups excluding carboxylic acids is 1. The van der Waals surface area contributed by atoms with Crippen LogP contribution in [0.25, 0.3) is 0 Å². The minimum atomic E-state index is -0.155. The minimum Gasteiger partial charge on any atom is -0.495 e. The number of halogens is 1. The van der Waals surface area contributed by atoms with Crippen molar-refractivity contribution >= 4 is 23.1 Å². The third-order valence-electron chi connectivity index (χ3n) is 3.58. The first-order valence-corrected chi connectivity index (χ1v) is 6.79. The molecular weight excluding hydrogens is 274 g/mol. The number of anilines is 1. The standard InChI is InChI=1S/C16H14ClNO2/c1-20-15-8-10(6-7-13(15)17)16(19)12-9-18-14-5-3-2-4-11(12)14/h2-8,12,18H,9H2,1H3. The molecule has 0 bridgehead atoms. The SMILES string of the molecule is COc1cc(C(=O)C2CNc3ccccc32)ccc1Cl. The van der Waals surface area contributed by atoms with Gasteiger partial charge in [0.05, 0.1) is 18.1 Å². The Hall–Kier alpha value is -2.00. The van der Waals surface area contributed by atoms with Crippen LogP contribution in [0.15, 0.2) is 42.5 Å². The lowest BCUT2D eigenvalue weighted by Crippen LogP contribution is -2.15. The molecule has 0 saturated carbocycles. The second-order valence-corrected chi connectivity index (χ2v) is 5.14. The number of methoxy groups -OCH3 is 1. The molecule has 1 atom stereocenters. The Kier molecular flexibility index (Phi) is 3.36. The average molecular weight is 288 g/mol. The third-order valence-corrected chi connectivity index (χ3v) is 3.90. The molecular formula is C16H14ClNO2. The molecule has 0 aromatic heterocycles. The Balaban J connectivity index is 1.94. The van der Waals surface area contributed by atoms with Crippen molar-refractivity contribution in [2.45, 2.75) is 5.92 Å². The number of Topliss-reactive ketones (excluding diaryl/α,β-unsaturated/α-hetero) is 1. The first-order chi connectivity index (χ1) is 9.70. The number of ketones is 1. The number of rotatable bonds is 3. The normalized spacial score (nSPS) is 16.4. The maximum atomic E-state index is 12.7. The van der Waals surface area contributed by atoms with Gasteiger partial charge in [0.15, 0.2) is 5.78 Å². The Labute approximate surface area is 122 Å². The van der Waals surface area contributed by atoms with Gasteiger partial charge in [0.2, 0.25) is 0 Å². The lowest BCUT2D eigenvalue weighted by atomic mass is 9.92. The van der Waals surface area contributed by atoms with Crippen LogP contribution in [0.3, 0.4) is 0 Å². The summed E-state index contributed by atoms with van der Waals surface area (Å²) in [5.41, 5.74) is 2.70. The summed E-state index contributed by atoms with van der Waals surface area (Å²) >= 11 is 5.99. The van der Waals surface area contributed by atoms with Crippen molar-refractivity contribution in [2.75, 3.05) is 19.0 Å². The molecule has 4 heteroatoms. The fraction of sp³-hybridized carbons (Fsp3) is 0.188. The fourth-order valence-corrected chi connectivity index (χ4v) is 2.73. The maximum Gasteiger partial charge on any atom is 0.172 e. The zero-order valence-corrected chi connectivity index (χ0v) is 11.8. The van der Waals surface area contributed by atoms with Gasteiger partial charge in [0.25, 0.3) is 0 Å². The van der Waals surface area contributed by atoms with Gasteiger partial charge in [-0.2, -0.15) is 0 Å². The predicted molar refractivity (Wildman–Crippen MR) is 80.0 cm³/mol. The summed E-state index contributed by atoms with van der Waals surface area (Å²) in [7, 11) is 1.54. The Morgan fingerprint density at radius 2 is 2.10 bits per heavy atom. The first-order valence-electron chi connectivity index (χ1n) is 6.41. The molecule has 1 heterocycles. The van der Waals surface area contributed by atoms with Crippen LogP contribution in [0, 0.1) is 0 Å². The van der Waals surface area contributed by atoms with E-state index in [1.54, 1.807) is 25.3 Å². The van der Waals surface area contributed by atoms with E-state index in [1.807, 2.05) is 24.3 Å². The zero-order chi connectivity index (χ0) is 14.1. The highest BCUT2D eigenvalue weighted by Gasteiger charge is 2.29. The van der Waals surface area contributed by atoms with E-state index >= 15 is 0 Å². The van der Waals surface area contributed by atoms with Crippen LogP contribution in [0.5, 0.6) is 5.75 Å². The van der Waals surface area contributed by atoms with Crippen molar-refractivity contribution < 1.29 is 9.53 Å². The van der Waals surface area contributed by atoms with E-state index in [1.165, 1.54) is 0 Å². The van der Waals surface area contributed by atoms with E-state index in [0.29, 0.717) is 22.9 Å². The molecule has 0 saturated heterocycles. The minimum absolute atomic E-state index is 0.0809. The third kappa shape index (κ3) is 2.14. The molecule has 0 fully saturated rings. The summed E-state index contributed by atoms with van der Waals surface area (Å²) in [6.07, 6.45) is 0. The second kappa shape index (κ2) is 5.17. The number of fused-ring (bicyclic) bond motifs is 1. The molecule has 0 radical (unpaired) electrons. The summed E-state index contributed by atoms with van der Waals surface area (Å²) in [4.78, 5) is 12.7. The van der Waals surface area contributed by atoms with Crippen molar-refractivity contribution in [1.29, 1.82) is 0 Å². The van der Waals surface area contributed by atoms with Crippen LogP contribution < -0.4 is 10.1 Å². The topological polar surface area (TPSA) is 38.3 Å². The molecule has 1 aliphatic heterocycles. The van der Waals surface area contributed by atoms with Gasteiger partial charge in [0, 0.05) is 17.8 Å². The monoisotopic (exact) mass is 287 g/mol. The highest BCUT2D eigenvalue weighted by Crippen LogP contribution is 2.34. The summed E-state index contributed by atoms with van der Waals surface area (Å²) in [6.45, 7) is 0.628. The van der Waals surface area contributed by atoms with Crippen LogP contribution in [-0.2, 0) is 0 Å². The molecule has 0 spiro atoms. The Bertz CT molecular complexity index is 669. The highest BCUT2D eigenvalue weighted by atomic mass is 35.5. The number of carbonyl (C=O) groups is 1. The van der Waals surface area contributed by atoms with E-state index < -0.39 is 0 Å². The number of hydrogen-bond donors (Lipinski definition) is 1. The van der Waals surface area contributed by atoms with Crippen LogP contribution >= 0.6 is 11.6 Å². The molecule has 3 rings (SSSR count). The molecule has 20 heavy (non-hydrogen) atoms. The molecule has 0 aliphatic carbocycles. The second-order valence-electron chi connectivity index (χ2n) is 4.73. The van der Waals surface area contributed by atoms with Gasteiger partial charge in [-0.05, 0) is 29.8 Å². The average Bonchev–Trinajstić information content (AvgIpc) is 2.91. The van der Waals surface area contributed by atoms with Gasteiger partial charge in [-0.25, -0.2) is 0 Å². The first kappa shape index (κ1) is 13.0. The van der Waals surface area contributed by atoms with Gasteiger partial charge in [-0.15, -0.1) is 0 Å². The Morgan fingerprint density at radius 1 is 1.30 bits per heavy atom. The van der Waals surface area contributed by atoms with E-state index in [4.69, 9.17) is 16.3 Å². The van der Waals surface area contributed by atoms with Gasteiger partial charge in [-0.3, -0.25) is 4.79 Å². The highest BCUT2D eigenvalue weighted by molar-refractivity contribution is 6.32. The van der Waals surface area contributed by atoms with Gasteiger partial charge < -0.3 is 10.1 Å². The van der Waals surface area contributed by atoms with Crippen molar-refractivity contribution in [3.8, 4) is 5.75 Å². The van der Waals surface area contributed by atoms with E-state index in [9.17, 15) is 4.79 Å². The number of benzene rings is 2. The number of ether oxygens (including phenoxy) is 1. The van der Waals surface area contributed by atoms with Crippen LogP contribution in [-0.4, -0.2) is 19.4 Å². The van der Waals surface area contributed by atoms with Crippen LogP contribution in [0.2, 0.25) is 5.02 Å². The molecule has 1 unspecified atom stereocenters. The van der Waals surface area contributed by atoms with Gasteiger partial charge in [-0.1, -0.05) is 29.8 Å². The molecule has 1 aliphatic rings. The van der Waals surface area contributed by atoms with Crippen LogP contribution in [0.4, 0.5) is 5.69 Å². The molecule has 3 nitrogen and oxygen atoms in total. The molecule has 2 aromatic rings. The largest absolute Gasteiger partial charge is 0.495 e. The van der Waals surface area contributed by atoms with Crippen molar-refractivity contribution in [3.63, 3.8) is 0 Å².